The molecule has 3 heterocycles. The van der Waals surface area contributed by atoms with Gasteiger partial charge in [-0.25, -0.2) is 14.4 Å². The average Bonchev–Trinajstić information content (AvgIpc) is 2.83. The third kappa shape index (κ3) is 3.83. The second kappa shape index (κ2) is 8.16. The average molecular weight is 490 g/mol. The van der Waals surface area contributed by atoms with E-state index in [0.717, 1.165) is 10.9 Å². The molecule has 2 bridgehead atoms. The number of amides is 1. The first kappa shape index (κ1) is 22.7. The number of hydrogen-bond donors (Lipinski definition) is 2. The van der Waals surface area contributed by atoms with Gasteiger partial charge in [0.1, 0.15) is 17.0 Å². The fourth-order valence-corrected chi connectivity index (χ4v) is 5.60. The van der Waals surface area contributed by atoms with Gasteiger partial charge in [0.05, 0.1) is 5.52 Å². The second-order valence-corrected chi connectivity index (χ2v) is 10.2. The van der Waals surface area contributed by atoms with Crippen molar-refractivity contribution >= 4 is 22.5 Å². The van der Waals surface area contributed by atoms with Gasteiger partial charge in [0.2, 0.25) is 5.95 Å². The number of nitrogens with zero attached hydrogens (tertiary/aromatic N) is 3. The summed E-state index contributed by atoms with van der Waals surface area (Å²) < 4.78 is 29.8. The molecule has 36 heavy (non-hydrogen) atoms. The van der Waals surface area contributed by atoms with Crippen LogP contribution in [0.5, 0.6) is 0 Å². The number of alkyl halides is 1. The summed E-state index contributed by atoms with van der Waals surface area (Å²) in [6, 6.07) is 13.5. The van der Waals surface area contributed by atoms with Gasteiger partial charge in [-0.3, -0.25) is 14.0 Å². The first-order chi connectivity index (χ1) is 17.2. The van der Waals surface area contributed by atoms with E-state index < -0.39 is 17.5 Å². The van der Waals surface area contributed by atoms with Gasteiger partial charge in [0.15, 0.2) is 0 Å². The van der Waals surface area contributed by atoms with Crippen molar-refractivity contribution in [2.24, 2.45) is 5.41 Å². The van der Waals surface area contributed by atoms with Crippen LogP contribution in [-0.4, -0.2) is 32.0 Å². The lowest BCUT2D eigenvalue weighted by Crippen LogP contribution is -2.70. The van der Waals surface area contributed by atoms with Crippen molar-refractivity contribution in [1.82, 2.24) is 25.0 Å². The van der Waals surface area contributed by atoms with E-state index in [2.05, 4.69) is 20.6 Å². The predicted octanol–water partition coefficient (Wildman–Crippen LogP) is 3.68. The third-order valence-electron chi connectivity index (χ3n) is 7.69. The molecule has 3 aromatic heterocycles. The highest BCUT2D eigenvalue weighted by Gasteiger charge is 2.70. The van der Waals surface area contributed by atoms with Crippen molar-refractivity contribution in [3.05, 3.63) is 87.9 Å². The van der Waals surface area contributed by atoms with Crippen molar-refractivity contribution in [3.8, 4) is 0 Å². The van der Waals surface area contributed by atoms with Crippen molar-refractivity contribution in [1.29, 1.82) is 0 Å². The molecular formula is C27H25F2N5O2. The van der Waals surface area contributed by atoms with Crippen LogP contribution in [0, 0.1) is 11.4 Å². The van der Waals surface area contributed by atoms with E-state index in [1.54, 1.807) is 42.6 Å². The largest absolute Gasteiger partial charge is 0.347 e. The molecular weight excluding hydrogens is 464 g/mol. The number of carbonyl (C=O) groups excluding carboxylic acids is 1. The Kier molecular flexibility index (Phi) is 5.15. The number of pyridine rings is 2. The lowest BCUT2D eigenvalue weighted by molar-refractivity contribution is -0.226. The van der Waals surface area contributed by atoms with E-state index in [9.17, 15) is 18.4 Å². The molecule has 7 nitrogen and oxygen atoms in total. The van der Waals surface area contributed by atoms with E-state index >= 15 is 0 Å². The zero-order valence-corrected chi connectivity index (χ0v) is 19.7. The number of fused-ring (bicyclic) bond motifs is 2. The molecule has 0 aliphatic heterocycles. The minimum atomic E-state index is -0.960. The van der Waals surface area contributed by atoms with Crippen LogP contribution in [0.25, 0.3) is 16.6 Å². The van der Waals surface area contributed by atoms with Gasteiger partial charge in [-0.1, -0.05) is 12.1 Å². The molecule has 0 spiro atoms. The summed E-state index contributed by atoms with van der Waals surface area (Å²) in [5, 5.41) is 6.89. The van der Waals surface area contributed by atoms with Crippen LogP contribution in [0.2, 0.25) is 0 Å². The van der Waals surface area contributed by atoms with Crippen LogP contribution in [0.3, 0.4) is 0 Å². The Morgan fingerprint density at radius 2 is 1.92 bits per heavy atom. The van der Waals surface area contributed by atoms with Crippen LogP contribution >= 0.6 is 0 Å². The van der Waals surface area contributed by atoms with Crippen molar-refractivity contribution in [2.75, 3.05) is 0 Å². The van der Waals surface area contributed by atoms with Crippen LogP contribution in [-0.2, 0) is 13.1 Å². The molecule has 4 aromatic rings. The zero-order valence-electron chi connectivity index (χ0n) is 19.7. The first-order valence-electron chi connectivity index (χ1n) is 12.0. The number of hydrogen-bond acceptors (Lipinski definition) is 5. The molecule has 3 saturated carbocycles. The summed E-state index contributed by atoms with van der Waals surface area (Å²) in [7, 11) is 0. The fourth-order valence-electron chi connectivity index (χ4n) is 5.60. The molecule has 184 valence electrons. The first-order valence-corrected chi connectivity index (χ1v) is 12.0. The van der Waals surface area contributed by atoms with E-state index in [4.69, 9.17) is 0 Å². The number of rotatable bonds is 7. The van der Waals surface area contributed by atoms with Gasteiger partial charge < -0.3 is 10.6 Å². The number of nitrogens with one attached hydrogen (secondary N) is 2. The maximum atomic E-state index is 14.6. The van der Waals surface area contributed by atoms with Crippen LogP contribution in [0.15, 0.2) is 59.5 Å². The van der Waals surface area contributed by atoms with Crippen molar-refractivity contribution in [3.63, 3.8) is 0 Å². The molecule has 3 fully saturated rings. The number of aromatic nitrogens is 3. The van der Waals surface area contributed by atoms with Crippen LogP contribution in [0.1, 0.15) is 47.8 Å². The smallest absolute Gasteiger partial charge is 0.270 e. The normalized spacial score (nSPS) is 23.2. The second-order valence-electron chi connectivity index (χ2n) is 10.2. The fraction of sp³-hybridized carbons (Fsp3) is 0.333. The number of benzene rings is 1. The van der Waals surface area contributed by atoms with Crippen LogP contribution < -0.4 is 16.2 Å². The predicted molar refractivity (Wildman–Crippen MR) is 131 cm³/mol. The third-order valence-corrected chi connectivity index (χ3v) is 7.69. The summed E-state index contributed by atoms with van der Waals surface area (Å²) in [5.74, 6) is -0.991. The Hall–Kier alpha value is -3.72. The highest BCUT2D eigenvalue weighted by atomic mass is 19.1. The molecule has 3 aliphatic carbocycles. The molecule has 1 aromatic carbocycles. The Labute approximate surface area is 205 Å². The summed E-state index contributed by atoms with van der Waals surface area (Å²) >= 11 is 0. The zero-order chi connectivity index (χ0) is 25.1. The molecule has 9 heteroatoms. The summed E-state index contributed by atoms with van der Waals surface area (Å²) in [6.07, 6.45) is 3.36. The van der Waals surface area contributed by atoms with Gasteiger partial charge in [-0.2, -0.15) is 4.39 Å². The van der Waals surface area contributed by atoms with E-state index in [1.807, 2.05) is 13.0 Å². The standard InChI is InChI=1S/C27H25F2N5O2/c1-16(26-13-27(29,14-26)15-26)30-12-19-9-18-8-17(5-6-20(18)33-24(19)28)11-31-25(36)21-10-23(35)34-7-3-2-4-22(34)32-21/h2-10,16,30H,11-15H2,1H3,(H,31,36). The topological polar surface area (TPSA) is 88.4 Å². The molecule has 0 saturated heterocycles. The van der Waals surface area contributed by atoms with Crippen molar-refractivity contribution in [2.45, 2.75) is 51.0 Å². The summed E-state index contributed by atoms with van der Waals surface area (Å²) in [5.41, 5.74) is 0.905. The Morgan fingerprint density at radius 3 is 2.69 bits per heavy atom. The van der Waals surface area contributed by atoms with Gasteiger partial charge in [-0.05, 0) is 67.5 Å². The maximum absolute atomic E-state index is 14.6. The number of carbonyl (C=O) groups is 1. The van der Waals surface area contributed by atoms with Gasteiger partial charge in [-0.15, -0.1) is 0 Å². The molecule has 0 radical (unpaired) electrons. The highest BCUT2D eigenvalue weighted by molar-refractivity contribution is 5.92. The highest BCUT2D eigenvalue weighted by Crippen LogP contribution is 2.70. The minimum Gasteiger partial charge on any atom is -0.347 e. The lowest BCUT2D eigenvalue weighted by atomic mass is 9.40. The van der Waals surface area contributed by atoms with E-state index in [0.29, 0.717) is 42.5 Å². The molecule has 1 amide bonds. The molecule has 1 atom stereocenters. The summed E-state index contributed by atoms with van der Waals surface area (Å²) in [4.78, 5) is 33.3. The van der Waals surface area contributed by atoms with Crippen LogP contribution in [0.4, 0.5) is 8.78 Å². The molecule has 2 N–H and O–H groups in total. The van der Waals surface area contributed by atoms with Gasteiger partial charge in [0, 0.05) is 42.3 Å². The summed E-state index contributed by atoms with van der Waals surface area (Å²) in [6.45, 7) is 2.55. The molecule has 1 unspecified atom stereocenters. The monoisotopic (exact) mass is 489 g/mol. The Bertz CT molecular complexity index is 1560. The SMILES string of the molecule is CC(NCc1cc2cc(CNC(=O)c3cc(=O)n4ccccc4n3)ccc2nc1F)C12CC(F)(C1)C2. The lowest BCUT2D eigenvalue weighted by Gasteiger charge is -2.68. The minimum absolute atomic E-state index is 0.00627. The Balaban J connectivity index is 1.14. The maximum Gasteiger partial charge on any atom is 0.270 e. The van der Waals surface area contributed by atoms with Gasteiger partial charge in [0.25, 0.3) is 11.5 Å². The quantitative estimate of drug-likeness (QED) is 0.387. The van der Waals surface area contributed by atoms with E-state index in [1.165, 1.54) is 10.5 Å². The molecule has 7 rings (SSSR count). The van der Waals surface area contributed by atoms with Gasteiger partial charge >= 0.3 is 0 Å². The Morgan fingerprint density at radius 1 is 1.11 bits per heavy atom. The van der Waals surface area contributed by atoms with Crippen molar-refractivity contribution < 1.29 is 13.6 Å². The molecule has 3 aliphatic rings. The van der Waals surface area contributed by atoms with E-state index in [-0.39, 0.29) is 29.3 Å². The number of halogens is 2.